The number of benzene rings is 2. The van der Waals surface area contributed by atoms with Gasteiger partial charge in [0.15, 0.2) is 0 Å². The number of nitrogens with zero attached hydrogens (tertiary/aromatic N) is 1. The third-order valence-electron chi connectivity index (χ3n) is 3.86. The van der Waals surface area contributed by atoms with Crippen LogP contribution < -0.4 is 10.2 Å². The molecular formula is C18H13BrN2O2. The highest BCUT2D eigenvalue weighted by atomic mass is 79.9. The minimum absolute atomic E-state index is 0.0813. The van der Waals surface area contributed by atoms with Crippen LogP contribution in [0.3, 0.4) is 0 Å². The highest BCUT2D eigenvalue weighted by Gasteiger charge is 2.35. The predicted octanol–water partition coefficient (Wildman–Crippen LogP) is 4.81. The molecule has 4 rings (SSSR count). The van der Waals surface area contributed by atoms with Gasteiger partial charge in [0.1, 0.15) is 6.17 Å². The monoisotopic (exact) mass is 368 g/mol. The maximum atomic E-state index is 13.0. The second-order valence-electron chi connectivity index (χ2n) is 5.27. The fourth-order valence-electron chi connectivity index (χ4n) is 2.77. The highest BCUT2D eigenvalue weighted by molar-refractivity contribution is 9.10. The molecule has 0 radical (unpaired) electrons. The molecule has 23 heavy (non-hydrogen) atoms. The van der Waals surface area contributed by atoms with Crippen molar-refractivity contribution in [2.45, 2.75) is 6.17 Å². The average Bonchev–Trinajstić information content (AvgIpc) is 3.09. The summed E-state index contributed by atoms with van der Waals surface area (Å²) in [7, 11) is 0. The van der Waals surface area contributed by atoms with Gasteiger partial charge in [-0.1, -0.05) is 40.2 Å². The van der Waals surface area contributed by atoms with E-state index in [1.165, 1.54) is 0 Å². The molecule has 0 fully saturated rings. The number of halogens is 1. The molecule has 1 N–H and O–H groups in total. The van der Waals surface area contributed by atoms with Crippen molar-refractivity contribution in [3.63, 3.8) is 0 Å². The molecule has 5 heteroatoms. The van der Waals surface area contributed by atoms with Crippen LogP contribution >= 0.6 is 15.9 Å². The fraction of sp³-hybridized carbons (Fsp3) is 0.0556. The summed E-state index contributed by atoms with van der Waals surface area (Å²) in [6.45, 7) is 0. The number of carbonyl (C=O) groups excluding carboxylic acids is 1. The van der Waals surface area contributed by atoms with Crippen LogP contribution in [-0.2, 0) is 0 Å². The van der Waals surface area contributed by atoms with Crippen LogP contribution in [0.4, 0.5) is 11.6 Å². The predicted molar refractivity (Wildman–Crippen MR) is 92.5 cm³/mol. The topological polar surface area (TPSA) is 45.5 Å². The fourth-order valence-corrected chi connectivity index (χ4v) is 3.03. The maximum Gasteiger partial charge on any atom is 0.264 e. The van der Waals surface area contributed by atoms with Gasteiger partial charge in [0, 0.05) is 16.2 Å². The van der Waals surface area contributed by atoms with Gasteiger partial charge in [-0.15, -0.1) is 0 Å². The van der Waals surface area contributed by atoms with Crippen molar-refractivity contribution in [3.05, 3.63) is 82.5 Å². The van der Waals surface area contributed by atoms with Crippen molar-refractivity contribution in [2.24, 2.45) is 0 Å². The Morgan fingerprint density at radius 3 is 2.52 bits per heavy atom. The Bertz CT molecular complexity index is 844. The van der Waals surface area contributed by atoms with Gasteiger partial charge in [-0.25, -0.2) is 0 Å². The van der Waals surface area contributed by atoms with Crippen LogP contribution in [0.15, 0.2) is 75.8 Å². The summed E-state index contributed by atoms with van der Waals surface area (Å²) < 4.78 is 6.48. The lowest BCUT2D eigenvalue weighted by atomic mass is 10.0. The number of nitrogens with one attached hydrogen (secondary N) is 1. The SMILES string of the molecule is O=C1c2ccccc2NC(c2ccc(Br)cc2)N1c1ccco1. The van der Waals surface area contributed by atoms with E-state index < -0.39 is 0 Å². The molecule has 0 spiro atoms. The largest absolute Gasteiger partial charge is 0.448 e. The third kappa shape index (κ3) is 2.43. The number of para-hydroxylation sites is 1. The minimum atomic E-state index is -0.323. The molecule has 2 aromatic carbocycles. The van der Waals surface area contributed by atoms with E-state index >= 15 is 0 Å². The molecule has 0 saturated carbocycles. The molecule has 1 aliphatic heterocycles. The van der Waals surface area contributed by atoms with Crippen molar-refractivity contribution in [2.75, 3.05) is 10.2 Å². The molecule has 4 nitrogen and oxygen atoms in total. The van der Waals surface area contributed by atoms with Crippen molar-refractivity contribution in [1.82, 2.24) is 0 Å². The first-order valence-electron chi connectivity index (χ1n) is 7.22. The number of hydrogen-bond donors (Lipinski definition) is 1. The first-order valence-corrected chi connectivity index (χ1v) is 8.01. The van der Waals surface area contributed by atoms with E-state index in [-0.39, 0.29) is 12.1 Å². The van der Waals surface area contributed by atoms with Crippen LogP contribution in [0.5, 0.6) is 0 Å². The summed E-state index contributed by atoms with van der Waals surface area (Å²) in [4.78, 5) is 14.6. The molecule has 114 valence electrons. The number of anilines is 2. The van der Waals surface area contributed by atoms with E-state index in [0.29, 0.717) is 11.4 Å². The van der Waals surface area contributed by atoms with Crippen LogP contribution in [0, 0.1) is 0 Å². The van der Waals surface area contributed by atoms with Gasteiger partial charge in [0.2, 0.25) is 5.88 Å². The van der Waals surface area contributed by atoms with Gasteiger partial charge in [0.25, 0.3) is 5.91 Å². The van der Waals surface area contributed by atoms with Gasteiger partial charge in [-0.2, -0.15) is 0 Å². The average molecular weight is 369 g/mol. The Kier molecular flexibility index (Phi) is 3.42. The van der Waals surface area contributed by atoms with Crippen molar-refractivity contribution in [1.29, 1.82) is 0 Å². The van der Waals surface area contributed by atoms with Gasteiger partial charge in [0.05, 0.1) is 11.8 Å². The second kappa shape index (κ2) is 5.59. The quantitative estimate of drug-likeness (QED) is 0.705. The number of furan rings is 1. The highest BCUT2D eigenvalue weighted by Crippen LogP contribution is 2.36. The van der Waals surface area contributed by atoms with Crippen molar-refractivity contribution in [3.8, 4) is 0 Å². The van der Waals surface area contributed by atoms with E-state index in [4.69, 9.17) is 4.42 Å². The standard InChI is InChI=1S/C18H13BrN2O2/c19-13-9-7-12(8-10-13)17-20-15-5-2-1-4-14(15)18(22)21(17)16-6-3-11-23-16/h1-11,17,20H. The molecule has 1 unspecified atom stereocenters. The second-order valence-corrected chi connectivity index (χ2v) is 6.19. The molecule has 1 aliphatic rings. The maximum absolute atomic E-state index is 13.0. The molecule has 1 amide bonds. The molecule has 1 aromatic heterocycles. The van der Waals surface area contributed by atoms with Crippen LogP contribution in [0.1, 0.15) is 22.1 Å². The molecule has 3 aromatic rings. The van der Waals surface area contributed by atoms with Gasteiger partial charge >= 0.3 is 0 Å². The summed E-state index contributed by atoms with van der Waals surface area (Å²) >= 11 is 3.44. The van der Waals surface area contributed by atoms with Crippen molar-refractivity contribution < 1.29 is 9.21 Å². The van der Waals surface area contributed by atoms with Crippen LogP contribution in [-0.4, -0.2) is 5.91 Å². The molecular weight excluding hydrogens is 356 g/mol. The van der Waals surface area contributed by atoms with E-state index in [1.54, 1.807) is 23.3 Å². The number of hydrogen-bond acceptors (Lipinski definition) is 3. The molecule has 0 bridgehead atoms. The normalized spacial score (nSPS) is 16.8. The van der Waals surface area contributed by atoms with Crippen LogP contribution in [0.2, 0.25) is 0 Å². The van der Waals surface area contributed by atoms with E-state index in [0.717, 1.165) is 15.7 Å². The zero-order valence-electron chi connectivity index (χ0n) is 12.1. The summed E-state index contributed by atoms with van der Waals surface area (Å²) in [5, 5.41) is 3.43. The Morgan fingerprint density at radius 2 is 1.78 bits per heavy atom. The molecule has 0 saturated heterocycles. The summed E-state index contributed by atoms with van der Waals surface area (Å²) in [5.41, 5.74) is 2.44. The van der Waals surface area contributed by atoms with Crippen LogP contribution in [0.25, 0.3) is 0 Å². The lowest BCUT2D eigenvalue weighted by molar-refractivity contribution is 0.0970. The first kappa shape index (κ1) is 14.1. The Balaban J connectivity index is 1.85. The van der Waals surface area contributed by atoms with E-state index in [9.17, 15) is 4.79 Å². The van der Waals surface area contributed by atoms with Crippen molar-refractivity contribution >= 4 is 33.4 Å². The molecule has 1 atom stereocenters. The number of rotatable bonds is 2. The summed E-state index contributed by atoms with van der Waals surface area (Å²) in [6.07, 6.45) is 1.25. The first-order chi connectivity index (χ1) is 11.2. The summed E-state index contributed by atoms with van der Waals surface area (Å²) in [6, 6.07) is 19.0. The van der Waals surface area contributed by atoms with Gasteiger partial charge in [-0.3, -0.25) is 9.69 Å². The summed E-state index contributed by atoms with van der Waals surface area (Å²) in [5.74, 6) is 0.437. The minimum Gasteiger partial charge on any atom is -0.448 e. The zero-order valence-corrected chi connectivity index (χ0v) is 13.7. The molecule has 0 aliphatic carbocycles. The third-order valence-corrected chi connectivity index (χ3v) is 4.38. The Morgan fingerprint density at radius 1 is 1.00 bits per heavy atom. The van der Waals surface area contributed by atoms with E-state index in [2.05, 4.69) is 21.2 Å². The van der Waals surface area contributed by atoms with Gasteiger partial charge in [-0.05, 0) is 35.9 Å². The zero-order chi connectivity index (χ0) is 15.8. The molecule has 2 heterocycles. The Hall–Kier alpha value is -2.53. The Labute approximate surface area is 141 Å². The number of fused-ring (bicyclic) bond motifs is 1. The number of carbonyl (C=O) groups is 1. The smallest absolute Gasteiger partial charge is 0.264 e. The lowest BCUT2D eigenvalue weighted by Gasteiger charge is -2.36. The lowest BCUT2D eigenvalue weighted by Crippen LogP contribution is -2.43. The van der Waals surface area contributed by atoms with E-state index in [1.807, 2.05) is 48.5 Å². The number of amides is 1. The van der Waals surface area contributed by atoms with Gasteiger partial charge < -0.3 is 9.73 Å².